The molecule has 0 saturated carbocycles. The fraction of sp³-hybridized carbons (Fsp3) is 0.500. The first-order valence-electron chi connectivity index (χ1n) is 12.1. The lowest BCUT2D eigenvalue weighted by Gasteiger charge is -2.23. The lowest BCUT2D eigenvalue weighted by atomic mass is 9.92. The summed E-state index contributed by atoms with van der Waals surface area (Å²) in [6.45, 7) is 5.78. The lowest BCUT2D eigenvalue weighted by molar-refractivity contribution is 0.0662. The van der Waals surface area contributed by atoms with Crippen LogP contribution in [0.3, 0.4) is 0 Å². The largest absolute Gasteiger partial charge is 0.491 e. The van der Waals surface area contributed by atoms with Gasteiger partial charge in [-0.3, -0.25) is 0 Å². The van der Waals surface area contributed by atoms with Crippen molar-refractivity contribution in [2.24, 2.45) is 5.92 Å². The number of aliphatic hydroxyl groups excluding tert-OH is 2. The van der Waals surface area contributed by atoms with Crippen LogP contribution in [0.5, 0.6) is 5.75 Å². The molecule has 0 amide bonds. The highest BCUT2D eigenvalue weighted by molar-refractivity contribution is 5.71. The van der Waals surface area contributed by atoms with E-state index in [0.717, 1.165) is 55.0 Å². The van der Waals surface area contributed by atoms with Gasteiger partial charge in [0.2, 0.25) is 0 Å². The van der Waals surface area contributed by atoms with Crippen molar-refractivity contribution in [1.82, 2.24) is 20.4 Å². The Hall–Kier alpha value is -2.85. The van der Waals surface area contributed by atoms with Gasteiger partial charge in [0.05, 0.1) is 17.9 Å². The molecule has 4 rings (SSSR count). The first-order valence-corrected chi connectivity index (χ1v) is 12.1. The number of benzene rings is 1. The number of aromatic nitrogens is 3. The van der Waals surface area contributed by atoms with Crippen LogP contribution in [0.25, 0.3) is 22.6 Å². The van der Waals surface area contributed by atoms with Crippen LogP contribution in [0.1, 0.15) is 35.6 Å². The Balaban J connectivity index is 1.73. The summed E-state index contributed by atoms with van der Waals surface area (Å²) in [4.78, 5) is 9.89. The number of nitrogens with zero attached hydrogens (tertiary/aromatic N) is 3. The Labute approximate surface area is 205 Å². The van der Waals surface area contributed by atoms with Crippen LogP contribution in [0, 0.1) is 19.8 Å². The van der Waals surface area contributed by atoms with Gasteiger partial charge in [0.15, 0.2) is 5.82 Å². The molecular formula is C26H34N4O5. The summed E-state index contributed by atoms with van der Waals surface area (Å²) in [5.74, 6) is 2.29. The molecule has 188 valence electrons. The maximum atomic E-state index is 9.98. The third-order valence-electron chi connectivity index (χ3n) is 6.36. The van der Waals surface area contributed by atoms with E-state index in [-0.39, 0.29) is 13.2 Å². The summed E-state index contributed by atoms with van der Waals surface area (Å²) in [6.07, 6.45) is 2.22. The van der Waals surface area contributed by atoms with Crippen molar-refractivity contribution in [2.75, 3.05) is 33.4 Å². The number of ether oxygens (including phenoxy) is 2. The van der Waals surface area contributed by atoms with Crippen LogP contribution < -0.4 is 10.1 Å². The van der Waals surface area contributed by atoms with Crippen LogP contribution >= 0.6 is 0 Å². The van der Waals surface area contributed by atoms with E-state index >= 15 is 0 Å². The average molecular weight is 483 g/mol. The van der Waals surface area contributed by atoms with Crippen molar-refractivity contribution in [3.05, 3.63) is 47.0 Å². The van der Waals surface area contributed by atoms with Gasteiger partial charge in [0, 0.05) is 31.0 Å². The number of aryl methyl sites for hydroxylation is 1. The van der Waals surface area contributed by atoms with E-state index in [4.69, 9.17) is 24.0 Å². The molecule has 1 fully saturated rings. The highest BCUT2D eigenvalue weighted by Gasteiger charge is 2.24. The number of hydrogen-bond acceptors (Lipinski definition) is 9. The van der Waals surface area contributed by atoms with Gasteiger partial charge in [-0.2, -0.15) is 0 Å². The predicted molar refractivity (Wildman–Crippen MR) is 131 cm³/mol. The van der Waals surface area contributed by atoms with Gasteiger partial charge >= 0.3 is 0 Å². The molecule has 3 N–H and O–H groups in total. The molecule has 1 aliphatic rings. The van der Waals surface area contributed by atoms with E-state index < -0.39 is 6.10 Å². The van der Waals surface area contributed by atoms with Crippen LogP contribution in [0.2, 0.25) is 0 Å². The standard InChI is InChI=1S/C26H34N4O5/c1-16-22(11-18-7-9-33-10-8-18)28-26(29-25(16)24-17(2)35-30-23(24)14-31)19-5-4-6-21(12-19)34-15-20(32)13-27-3/h4-6,12,18,20,27,31-32H,7-11,13-15H2,1-3H3/t20-/m1/s1. The SMILES string of the molecule is CNC[C@@H](O)COc1cccc(-c2nc(CC3CCOCC3)c(C)c(-c3c(CO)noc3C)n2)c1. The molecule has 9 heteroatoms. The highest BCUT2D eigenvalue weighted by atomic mass is 16.5. The zero-order valence-corrected chi connectivity index (χ0v) is 20.6. The molecule has 0 bridgehead atoms. The van der Waals surface area contributed by atoms with Crippen LogP contribution in [-0.4, -0.2) is 64.9 Å². The van der Waals surface area contributed by atoms with Gasteiger partial charge in [-0.05, 0) is 63.8 Å². The van der Waals surface area contributed by atoms with Gasteiger partial charge < -0.3 is 29.5 Å². The third kappa shape index (κ3) is 6.05. The predicted octanol–water partition coefficient (Wildman–Crippen LogP) is 2.84. The van der Waals surface area contributed by atoms with Crippen molar-refractivity contribution in [1.29, 1.82) is 0 Å². The first kappa shape index (κ1) is 25.2. The summed E-state index contributed by atoms with van der Waals surface area (Å²) in [7, 11) is 1.79. The molecule has 1 atom stereocenters. The van der Waals surface area contributed by atoms with E-state index in [1.807, 2.05) is 38.1 Å². The molecule has 0 spiro atoms. The Morgan fingerprint density at radius 3 is 2.71 bits per heavy atom. The smallest absolute Gasteiger partial charge is 0.160 e. The number of rotatable bonds is 10. The number of aliphatic hydroxyl groups is 2. The second-order valence-electron chi connectivity index (χ2n) is 9.00. The second-order valence-corrected chi connectivity index (χ2v) is 9.00. The summed E-state index contributed by atoms with van der Waals surface area (Å²) in [5.41, 5.74) is 4.63. The molecule has 9 nitrogen and oxygen atoms in total. The minimum Gasteiger partial charge on any atom is -0.491 e. The van der Waals surface area contributed by atoms with E-state index in [0.29, 0.717) is 41.1 Å². The summed E-state index contributed by atoms with van der Waals surface area (Å²) < 4.78 is 16.7. The second kappa shape index (κ2) is 11.7. The van der Waals surface area contributed by atoms with Crippen LogP contribution in [0.4, 0.5) is 0 Å². The summed E-state index contributed by atoms with van der Waals surface area (Å²) in [6, 6.07) is 7.56. The zero-order valence-electron chi connectivity index (χ0n) is 20.6. The number of likely N-dealkylation sites (N-methyl/N-ethyl adjacent to an activating group) is 1. The maximum Gasteiger partial charge on any atom is 0.160 e. The summed E-state index contributed by atoms with van der Waals surface area (Å²) >= 11 is 0. The molecular weight excluding hydrogens is 448 g/mol. The molecule has 1 aliphatic heterocycles. The van der Waals surface area contributed by atoms with Gasteiger partial charge in [-0.1, -0.05) is 17.3 Å². The number of nitrogens with one attached hydrogen (secondary N) is 1. The van der Waals surface area contributed by atoms with Crippen molar-refractivity contribution < 1.29 is 24.2 Å². The van der Waals surface area contributed by atoms with Gasteiger partial charge in [-0.25, -0.2) is 9.97 Å². The average Bonchev–Trinajstić information content (AvgIpc) is 3.25. The zero-order chi connectivity index (χ0) is 24.8. The van der Waals surface area contributed by atoms with Crippen LogP contribution in [0.15, 0.2) is 28.8 Å². The number of hydrogen-bond donors (Lipinski definition) is 3. The minimum absolute atomic E-state index is 0.180. The molecule has 35 heavy (non-hydrogen) atoms. The third-order valence-corrected chi connectivity index (χ3v) is 6.36. The highest BCUT2D eigenvalue weighted by Crippen LogP contribution is 2.34. The van der Waals surface area contributed by atoms with E-state index in [2.05, 4.69) is 10.5 Å². The van der Waals surface area contributed by atoms with Crippen molar-refractivity contribution in [2.45, 2.75) is 45.8 Å². The Morgan fingerprint density at radius 1 is 1.17 bits per heavy atom. The molecule has 0 radical (unpaired) electrons. The molecule has 3 heterocycles. The van der Waals surface area contributed by atoms with Crippen molar-refractivity contribution in [3.63, 3.8) is 0 Å². The van der Waals surface area contributed by atoms with Gasteiger partial charge in [0.25, 0.3) is 0 Å². The molecule has 2 aromatic heterocycles. The Morgan fingerprint density at radius 2 is 1.97 bits per heavy atom. The maximum absolute atomic E-state index is 9.98. The molecule has 1 saturated heterocycles. The molecule has 0 unspecified atom stereocenters. The van der Waals surface area contributed by atoms with E-state index in [1.165, 1.54) is 0 Å². The van der Waals surface area contributed by atoms with E-state index in [9.17, 15) is 10.2 Å². The minimum atomic E-state index is -0.606. The Bertz CT molecular complexity index is 1130. The summed E-state index contributed by atoms with van der Waals surface area (Å²) in [5, 5.41) is 26.8. The first-order chi connectivity index (χ1) is 17.0. The van der Waals surface area contributed by atoms with Crippen LogP contribution in [-0.2, 0) is 17.8 Å². The normalized spacial score (nSPS) is 15.3. The van der Waals surface area contributed by atoms with Crippen molar-refractivity contribution in [3.8, 4) is 28.4 Å². The Kier molecular flexibility index (Phi) is 8.46. The fourth-order valence-electron chi connectivity index (χ4n) is 4.40. The van der Waals surface area contributed by atoms with Crippen molar-refractivity contribution >= 4 is 0 Å². The molecule has 0 aliphatic carbocycles. The van der Waals surface area contributed by atoms with Gasteiger partial charge in [-0.15, -0.1) is 0 Å². The fourth-order valence-corrected chi connectivity index (χ4v) is 4.40. The monoisotopic (exact) mass is 482 g/mol. The van der Waals surface area contributed by atoms with Gasteiger partial charge in [0.1, 0.15) is 29.9 Å². The topological polar surface area (TPSA) is 123 Å². The molecule has 1 aromatic carbocycles. The van der Waals surface area contributed by atoms with E-state index in [1.54, 1.807) is 7.05 Å². The lowest BCUT2D eigenvalue weighted by Crippen LogP contribution is -2.29. The molecule has 3 aromatic rings. The quantitative estimate of drug-likeness (QED) is 0.400.